The van der Waals surface area contributed by atoms with Crippen LogP contribution in [0.3, 0.4) is 0 Å². The first-order chi connectivity index (χ1) is 14.4. The molecule has 0 aliphatic carbocycles. The maximum Gasteiger partial charge on any atom is 0.534 e. The predicted molar refractivity (Wildman–Crippen MR) is 112 cm³/mol. The molecule has 2 aromatic rings. The standard InChI is InChI=1S/C20H20F3NO5SSi/c1-31(2)17-11-13(24-7-9-28-10-8-24)3-5-15(17)19(25)16-6-4-14(12-18(16)31)29-30(26,27)20(21,22)23/h3-6,11-12H,7-10H2,1-2H3. The lowest BCUT2D eigenvalue weighted by Gasteiger charge is -2.35. The van der Waals surface area contributed by atoms with Gasteiger partial charge in [-0.15, -0.1) is 0 Å². The third-order valence-electron chi connectivity index (χ3n) is 5.70. The van der Waals surface area contributed by atoms with E-state index < -0.39 is 29.4 Å². The van der Waals surface area contributed by atoms with E-state index >= 15 is 0 Å². The average Bonchev–Trinajstić information content (AvgIpc) is 2.71. The minimum absolute atomic E-state index is 0.240. The number of carbonyl (C=O) groups is 1. The van der Waals surface area contributed by atoms with E-state index in [1.54, 1.807) is 6.07 Å². The van der Waals surface area contributed by atoms with E-state index in [0.717, 1.165) is 30.0 Å². The Morgan fingerprint density at radius 3 is 2.19 bits per heavy atom. The highest BCUT2D eigenvalue weighted by Gasteiger charge is 2.49. The maximum atomic E-state index is 13.1. The van der Waals surface area contributed by atoms with E-state index in [1.165, 1.54) is 12.1 Å². The van der Waals surface area contributed by atoms with Gasteiger partial charge in [0.05, 0.1) is 13.2 Å². The number of hydrogen-bond acceptors (Lipinski definition) is 6. The van der Waals surface area contributed by atoms with Crippen LogP contribution in [0.1, 0.15) is 15.9 Å². The van der Waals surface area contributed by atoms with Crippen molar-refractivity contribution < 1.29 is 35.3 Å². The molecule has 166 valence electrons. The molecule has 6 nitrogen and oxygen atoms in total. The van der Waals surface area contributed by atoms with Gasteiger partial charge in [-0.2, -0.15) is 21.6 Å². The first-order valence-corrected chi connectivity index (χ1v) is 14.0. The smallest absolute Gasteiger partial charge is 0.378 e. The Bertz CT molecular complexity index is 1160. The van der Waals surface area contributed by atoms with Gasteiger partial charge in [-0.3, -0.25) is 4.79 Å². The van der Waals surface area contributed by atoms with Crippen molar-refractivity contribution >= 4 is 40.0 Å². The van der Waals surface area contributed by atoms with Gasteiger partial charge in [0, 0.05) is 29.9 Å². The van der Waals surface area contributed by atoms with Crippen LogP contribution >= 0.6 is 0 Å². The number of alkyl halides is 3. The van der Waals surface area contributed by atoms with Crippen molar-refractivity contribution in [3.05, 3.63) is 47.5 Å². The van der Waals surface area contributed by atoms with Crippen LogP contribution in [-0.2, 0) is 14.9 Å². The molecule has 0 aromatic heterocycles. The van der Waals surface area contributed by atoms with E-state index in [1.807, 2.05) is 25.2 Å². The Morgan fingerprint density at radius 1 is 1.00 bits per heavy atom. The Hall–Kier alpha value is -2.37. The molecule has 31 heavy (non-hydrogen) atoms. The zero-order valence-electron chi connectivity index (χ0n) is 16.8. The SMILES string of the molecule is C[Si]1(C)c2cc(OS(=O)(=O)C(F)(F)F)ccc2C(=O)c2ccc(N3CCOCC3)cc21. The number of rotatable bonds is 3. The van der Waals surface area contributed by atoms with Crippen molar-refractivity contribution in [1.82, 2.24) is 0 Å². The van der Waals surface area contributed by atoms with Gasteiger partial charge >= 0.3 is 15.6 Å². The summed E-state index contributed by atoms with van der Waals surface area (Å²) < 4.78 is 70.7. The third-order valence-corrected chi connectivity index (χ3v) is 10.2. The number of ether oxygens (including phenoxy) is 1. The molecular formula is C20H20F3NO5SSi. The number of ketones is 1. The third kappa shape index (κ3) is 3.74. The van der Waals surface area contributed by atoms with E-state index in [9.17, 15) is 26.4 Å². The first-order valence-electron chi connectivity index (χ1n) is 9.59. The predicted octanol–water partition coefficient (Wildman–Crippen LogP) is 2.12. The molecule has 1 fully saturated rings. The number of benzene rings is 2. The Balaban J connectivity index is 1.77. The Morgan fingerprint density at radius 2 is 1.58 bits per heavy atom. The molecule has 1 saturated heterocycles. The number of halogens is 3. The second-order valence-corrected chi connectivity index (χ2v) is 13.8. The van der Waals surface area contributed by atoms with Crippen LogP contribution in [0, 0.1) is 0 Å². The summed E-state index contributed by atoms with van der Waals surface area (Å²) >= 11 is 0. The molecule has 0 amide bonds. The normalized spacial score (nSPS) is 18.4. The number of fused-ring (bicyclic) bond motifs is 2. The van der Waals surface area contributed by atoms with Crippen molar-refractivity contribution in [1.29, 1.82) is 0 Å². The van der Waals surface area contributed by atoms with Gasteiger partial charge in [-0.25, -0.2) is 0 Å². The number of nitrogens with zero attached hydrogens (tertiary/aromatic N) is 1. The molecule has 2 heterocycles. The largest absolute Gasteiger partial charge is 0.534 e. The van der Waals surface area contributed by atoms with Gasteiger partial charge in [-0.05, 0) is 46.8 Å². The summed E-state index contributed by atoms with van der Waals surface area (Å²) in [5.41, 5.74) is -3.66. The van der Waals surface area contributed by atoms with Crippen molar-refractivity contribution in [2.75, 3.05) is 31.2 Å². The van der Waals surface area contributed by atoms with Crippen LogP contribution in [-0.4, -0.2) is 54.1 Å². The molecule has 2 aliphatic rings. The summed E-state index contributed by atoms with van der Waals surface area (Å²) in [5, 5.41) is 1.39. The molecule has 0 atom stereocenters. The van der Waals surface area contributed by atoms with E-state index in [4.69, 9.17) is 4.74 Å². The van der Waals surface area contributed by atoms with Crippen LogP contribution in [0.4, 0.5) is 18.9 Å². The molecule has 0 radical (unpaired) electrons. The molecule has 2 aromatic carbocycles. The Labute approximate surface area is 178 Å². The fourth-order valence-electron chi connectivity index (χ4n) is 4.02. The van der Waals surface area contributed by atoms with E-state index in [-0.39, 0.29) is 5.78 Å². The van der Waals surface area contributed by atoms with Gasteiger partial charge in [0.1, 0.15) is 13.8 Å². The van der Waals surface area contributed by atoms with Gasteiger partial charge in [0.15, 0.2) is 5.78 Å². The summed E-state index contributed by atoms with van der Waals surface area (Å²) in [6, 6.07) is 9.33. The minimum Gasteiger partial charge on any atom is -0.378 e. The lowest BCUT2D eigenvalue weighted by atomic mass is 10.0. The molecule has 11 heteroatoms. The van der Waals surface area contributed by atoms with Crippen LogP contribution < -0.4 is 19.5 Å². The van der Waals surface area contributed by atoms with Gasteiger partial charge in [0.25, 0.3) is 0 Å². The molecule has 0 spiro atoms. The van der Waals surface area contributed by atoms with Crippen LogP contribution in [0.5, 0.6) is 5.75 Å². The molecule has 2 aliphatic heterocycles. The summed E-state index contributed by atoms with van der Waals surface area (Å²) in [6.07, 6.45) is 0. The molecule has 0 unspecified atom stereocenters. The lowest BCUT2D eigenvalue weighted by molar-refractivity contribution is -0.0500. The zero-order chi connectivity index (χ0) is 22.6. The molecule has 0 N–H and O–H groups in total. The van der Waals surface area contributed by atoms with Crippen molar-refractivity contribution in [2.45, 2.75) is 18.6 Å². The first kappa shape index (κ1) is 21.8. The molecule has 0 bridgehead atoms. The van der Waals surface area contributed by atoms with Crippen molar-refractivity contribution in [2.24, 2.45) is 0 Å². The summed E-state index contributed by atoms with van der Waals surface area (Å²) in [5.74, 6) is -0.701. The molecule has 0 saturated carbocycles. The fourth-order valence-corrected chi connectivity index (χ4v) is 7.51. The highest BCUT2D eigenvalue weighted by molar-refractivity contribution is 7.88. The number of carbonyl (C=O) groups excluding carboxylic acids is 1. The second kappa shape index (κ2) is 7.35. The second-order valence-electron chi connectivity index (χ2n) is 7.97. The number of anilines is 1. The zero-order valence-corrected chi connectivity index (χ0v) is 18.6. The van der Waals surface area contributed by atoms with Gasteiger partial charge in [-0.1, -0.05) is 13.1 Å². The highest BCUT2D eigenvalue weighted by Crippen LogP contribution is 2.29. The average molecular weight is 472 g/mol. The molecule has 4 rings (SSSR count). The molecular weight excluding hydrogens is 451 g/mol. The van der Waals surface area contributed by atoms with Crippen LogP contribution in [0.15, 0.2) is 36.4 Å². The monoisotopic (exact) mass is 471 g/mol. The number of morpholine rings is 1. The topological polar surface area (TPSA) is 72.9 Å². The van der Waals surface area contributed by atoms with E-state index in [2.05, 4.69) is 9.08 Å². The highest BCUT2D eigenvalue weighted by atomic mass is 32.2. The van der Waals surface area contributed by atoms with Gasteiger partial charge in [0.2, 0.25) is 0 Å². The number of hydrogen-bond donors (Lipinski definition) is 0. The van der Waals surface area contributed by atoms with Crippen LogP contribution in [0.2, 0.25) is 13.1 Å². The van der Waals surface area contributed by atoms with E-state index in [0.29, 0.717) is 29.5 Å². The Kier molecular flexibility index (Phi) is 5.18. The summed E-state index contributed by atoms with van der Waals surface area (Å²) in [6.45, 7) is 6.60. The summed E-state index contributed by atoms with van der Waals surface area (Å²) in [4.78, 5) is 15.2. The summed E-state index contributed by atoms with van der Waals surface area (Å²) in [7, 11) is -8.35. The van der Waals surface area contributed by atoms with Crippen LogP contribution in [0.25, 0.3) is 0 Å². The quantitative estimate of drug-likeness (QED) is 0.388. The lowest BCUT2D eigenvalue weighted by Crippen LogP contribution is -2.60. The van der Waals surface area contributed by atoms with Crippen molar-refractivity contribution in [3.63, 3.8) is 0 Å². The van der Waals surface area contributed by atoms with Crippen molar-refractivity contribution in [3.8, 4) is 5.75 Å². The van der Waals surface area contributed by atoms with Gasteiger partial charge < -0.3 is 13.8 Å². The minimum atomic E-state index is -5.80. The maximum absolute atomic E-state index is 13.1. The fraction of sp³-hybridized carbons (Fsp3) is 0.350.